The van der Waals surface area contributed by atoms with Gasteiger partial charge in [-0.15, -0.1) is 0 Å². The summed E-state index contributed by atoms with van der Waals surface area (Å²) in [6.45, 7) is 5.03. The average molecular weight is 360 g/mol. The van der Waals surface area contributed by atoms with Crippen molar-refractivity contribution in [3.63, 3.8) is 0 Å². The van der Waals surface area contributed by atoms with Gasteiger partial charge in [0.25, 0.3) is 5.56 Å². The molecule has 2 heterocycles. The minimum Gasteiger partial charge on any atom is -0.344 e. The molecule has 0 spiro atoms. The fourth-order valence-corrected chi connectivity index (χ4v) is 3.58. The van der Waals surface area contributed by atoms with Crippen LogP contribution in [0.5, 0.6) is 0 Å². The zero-order valence-corrected chi connectivity index (χ0v) is 14.5. The van der Waals surface area contributed by atoms with Gasteiger partial charge in [0.2, 0.25) is 0 Å². The molecule has 9 nitrogen and oxygen atoms in total. The Morgan fingerprint density at radius 1 is 1.33 bits per heavy atom. The molecule has 2 rings (SSSR count). The van der Waals surface area contributed by atoms with Gasteiger partial charge >= 0.3 is 13.5 Å². The van der Waals surface area contributed by atoms with E-state index in [0.29, 0.717) is 18.4 Å². The minimum absolute atomic E-state index is 0.301. The van der Waals surface area contributed by atoms with E-state index in [-0.39, 0.29) is 0 Å². The van der Waals surface area contributed by atoms with Gasteiger partial charge in [0.1, 0.15) is 11.7 Å². The number of phosphoric acid groups is 1. The van der Waals surface area contributed by atoms with Crippen LogP contribution in [0.4, 0.5) is 0 Å². The maximum atomic E-state index is 11.9. The van der Waals surface area contributed by atoms with E-state index in [2.05, 4.69) is 4.98 Å². The lowest BCUT2D eigenvalue weighted by Crippen LogP contribution is -2.43. The number of nitrogens with one attached hydrogen (secondary N) is 1. The highest BCUT2D eigenvalue weighted by atomic mass is 31.2. The van der Waals surface area contributed by atoms with Crippen molar-refractivity contribution >= 4 is 7.82 Å². The number of aryl methyl sites for hydroxylation is 1. The molecule has 1 aliphatic rings. The SMILES string of the molecule is CCC(CC)(OP(=O)(O)O)[C@@H]1C=C[C@H](n2cc(C)c(=O)[nH]c2=O)O1. The molecule has 0 aliphatic carbocycles. The fraction of sp³-hybridized carbons (Fsp3) is 0.571. The summed E-state index contributed by atoms with van der Waals surface area (Å²) < 4.78 is 23.3. The van der Waals surface area contributed by atoms with Crippen LogP contribution in [0.25, 0.3) is 0 Å². The molecule has 3 N–H and O–H groups in total. The molecule has 1 aliphatic heterocycles. The summed E-state index contributed by atoms with van der Waals surface area (Å²) in [4.78, 5) is 43.9. The van der Waals surface area contributed by atoms with E-state index < -0.39 is 37.0 Å². The standard InChI is InChI=1S/C14H21N2O7P/c1-4-14(5-2,23-24(19,20)21)10-6-7-11(22-10)16-8-9(3)12(17)15-13(16)18/h6-8,10-11H,4-5H2,1-3H3,(H,15,17,18)(H2,19,20,21)/t10-,11+/m0/s1. The maximum Gasteiger partial charge on any atom is 0.470 e. The number of rotatable bonds is 6. The van der Waals surface area contributed by atoms with Gasteiger partial charge < -0.3 is 14.5 Å². The molecule has 0 aromatic carbocycles. The Kier molecular flexibility index (Phi) is 5.31. The van der Waals surface area contributed by atoms with Gasteiger partial charge in [-0.25, -0.2) is 9.36 Å². The highest BCUT2D eigenvalue weighted by molar-refractivity contribution is 7.46. The third-order valence-electron chi connectivity index (χ3n) is 4.17. The van der Waals surface area contributed by atoms with Crippen molar-refractivity contribution in [3.05, 3.63) is 44.8 Å². The van der Waals surface area contributed by atoms with Crippen molar-refractivity contribution in [3.8, 4) is 0 Å². The Hall–Kier alpha value is -1.51. The zero-order chi connectivity index (χ0) is 18.1. The Morgan fingerprint density at radius 2 is 1.96 bits per heavy atom. The van der Waals surface area contributed by atoms with Crippen LogP contribution in [-0.2, 0) is 13.8 Å². The largest absolute Gasteiger partial charge is 0.470 e. The van der Waals surface area contributed by atoms with Crippen LogP contribution in [0.1, 0.15) is 38.5 Å². The molecule has 10 heteroatoms. The summed E-state index contributed by atoms with van der Waals surface area (Å²) >= 11 is 0. The van der Waals surface area contributed by atoms with Crippen molar-refractivity contribution in [1.82, 2.24) is 9.55 Å². The fourth-order valence-electron chi connectivity index (χ4n) is 2.74. The molecule has 0 saturated heterocycles. The van der Waals surface area contributed by atoms with Gasteiger partial charge in [-0.3, -0.25) is 18.9 Å². The lowest BCUT2D eigenvalue weighted by Gasteiger charge is -2.36. The van der Waals surface area contributed by atoms with Gasteiger partial charge in [-0.05, 0) is 25.8 Å². The predicted molar refractivity (Wildman–Crippen MR) is 85.6 cm³/mol. The Balaban J connectivity index is 2.31. The van der Waals surface area contributed by atoms with Crippen LogP contribution in [0, 0.1) is 6.92 Å². The molecule has 0 amide bonds. The summed E-state index contributed by atoms with van der Waals surface area (Å²) in [6.07, 6.45) is 3.64. The molecule has 0 fully saturated rings. The van der Waals surface area contributed by atoms with E-state index in [0.717, 1.165) is 0 Å². The van der Waals surface area contributed by atoms with Gasteiger partial charge in [0.05, 0.1) is 0 Å². The Labute approximate surface area is 138 Å². The lowest BCUT2D eigenvalue weighted by atomic mass is 9.91. The van der Waals surface area contributed by atoms with Crippen LogP contribution < -0.4 is 11.2 Å². The molecule has 0 radical (unpaired) electrons. The monoisotopic (exact) mass is 360 g/mol. The first-order valence-corrected chi connectivity index (χ1v) is 9.07. The van der Waals surface area contributed by atoms with Crippen LogP contribution >= 0.6 is 7.82 Å². The lowest BCUT2D eigenvalue weighted by molar-refractivity contribution is -0.106. The van der Waals surface area contributed by atoms with E-state index in [1.165, 1.54) is 10.8 Å². The quantitative estimate of drug-likeness (QED) is 0.509. The second kappa shape index (κ2) is 6.78. The summed E-state index contributed by atoms with van der Waals surface area (Å²) in [5, 5.41) is 0. The second-order valence-corrected chi connectivity index (χ2v) is 6.83. The number of nitrogens with zero attached hydrogens (tertiary/aromatic N) is 1. The number of phosphoric ester groups is 1. The number of ether oxygens (including phenoxy) is 1. The van der Waals surface area contributed by atoms with Crippen LogP contribution in [0.15, 0.2) is 27.9 Å². The number of hydrogen-bond donors (Lipinski definition) is 3. The molecule has 1 aromatic rings. The third-order valence-corrected chi connectivity index (χ3v) is 4.77. The normalized spacial score (nSPS) is 21.4. The molecule has 1 aromatic heterocycles. The van der Waals surface area contributed by atoms with E-state index in [9.17, 15) is 23.9 Å². The van der Waals surface area contributed by atoms with Crippen LogP contribution in [0.2, 0.25) is 0 Å². The van der Waals surface area contributed by atoms with E-state index in [1.54, 1.807) is 32.9 Å². The third kappa shape index (κ3) is 3.76. The second-order valence-electron chi connectivity index (χ2n) is 5.66. The summed E-state index contributed by atoms with van der Waals surface area (Å²) in [7, 11) is -4.72. The first-order chi connectivity index (χ1) is 11.1. The van der Waals surface area contributed by atoms with Crippen molar-refractivity contribution in [2.75, 3.05) is 0 Å². The highest BCUT2D eigenvalue weighted by Crippen LogP contribution is 2.47. The topological polar surface area (TPSA) is 131 Å². The van der Waals surface area contributed by atoms with E-state index in [1.807, 2.05) is 0 Å². The summed E-state index contributed by atoms with van der Waals surface area (Å²) in [6, 6.07) is 0. The summed E-state index contributed by atoms with van der Waals surface area (Å²) in [5.74, 6) is 0. The van der Waals surface area contributed by atoms with Gasteiger partial charge in [0.15, 0.2) is 6.23 Å². The zero-order valence-electron chi connectivity index (χ0n) is 13.6. The molecule has 24 heavy (non-hydrogen) atoms. The molecule has 0 unspecified atom stereocenters. The number of aromatic amines is 1. The molecule has 134 valence electrons. The van der Waals surface area contributed by atoms with Crippen LogP contribution in [0.3, 0.4) is 0 Å². The van der Waals surface area contributed by atoms with E-state index in [4.69, 9.17) is 9.26 Å². The first kappa shape index (κ1) is 18.8. The van der Waals surface area contributed by atoms with E-state index >= 15 is 0 Å². The van der Waals surface area contributed by atoms with Crippen molar-refractivity contribution in [1.29, 1.82) is 0 Å². The van der Waals surface area contributed by atoms with Gasteiger partial charge in [-0.1, -0.05) is 19.9 Å². The molecular weight excluding hydrogens is 339 g/mol. The first-order valence-electron chi connectivity index (χ1n) is 7.54. The number of hydrogen-bond acceptors (Lipinski definition) is 5. The molecule has 2 atom stereocenters. The van der Waals surface area contributed by atoms with Crippen LogP contribution in [-0.4, -0.2) is 31.0 Å². The van der Waals surface area contributed by atoms with Crippen molar-refractivity contribution in [2.24, 2.45) is 0 Å². The predicted octanol–water partition coefficient (Wildman–Crippen LogP) is 0.967. The van der Waals surface area contributed by atoms with Gasteiger partial charge in [-0.2, -0.15) is 0 Å². The Morgan fingerprint density at radius 3 is 2.50 bits per heavy atom. The average Bonchev–Trinajstić information content (AvgIpc) is 2.97. The molecule has 0 saturated carbocycles. The summed E-state index contributed by atoms with van der Waals surface area (Å²) in [5.41, 5.74) is -1.98. The highest BCUT2D eigenvalue weighted by Gasteiger charge is 2.44. The smallest absolute Gasteiger partial charge is 0.344 e. The maximum absolute atomic E-state index is 11.9. The van der Waals surface area contributed by atoms with Crippen molar-refractivity contribution < 1.29 is 23.6 Å². The molecular formula is C14H21N2O7P. The number of aromatic nitrogens is 2. The molecule has 0 bridgehead atoms. The minimum atomic E-state index is -4.72. The number of H-pyrrole nitrogens is 1. The van der Waals surface area contributed by atoms with Crippen molar-refractivity contribution in [2.45, 2.75) is 51.5 Å². The van der Waals surface area contributed by atoms with Gasteiger partial charge in [0, 0.05) is 11.8 Å². The Bertz CT molecular complexity index is 787.